The van der Waals surface area contributed by atoms with Crippen molar-refractivity contribution in [2.24, 2.45) is 7.05 Å². The molecule has 35 heavy (non-hydrogen) atoms. The summed E-state index contributed by atoms with van der Waals surface area (Å²) in [7, 11) is 2.20. The van der Waals surface area contributed by atoms with Crippen molar-refractivity contribution in [3.05, 3.63) is 89.7 Å². The van der Waals surface area contributed by atoms with E-state index in [4.69, 9.17) is 0 Å². The fraction of sp³-hybridized carbons (Fsp3) is 0.312. The molecule has 0 amide bonds. The number of hydrogen-bond donors (Lipinski definition) is 0. The Morgan fingerprint density at radius 2 is 1.49 bits per heavy atom. The average Bonchev–Trinajstić information content (AvgIpc) is 3.10. The molecule has 0 aliphatic carbocycles. The molecule has 5 rings (SSSR count). The second-order valence-corrected chi connectivity index (χ2v) is 11.2. The van der Waals surface area contributed by atoms with Gasteiger partial charge in [0.25, 0.3) is 0 Å². The number of nitrogens with zero attached hydrogens (tertiary/aromatic N) is 3. The number of hydrogen-bond acceptors (Lipinski definition) is 0. The quantitative estimate of drug-likeness (QED) is 0.254. The van der Waals surface area contributed by atoms with Gasteiger partial charge in [0.2, 0.25) is 11.4 Å². The van der Waals surface area contributed by atoms with E-state index in [1.54, 1.807) is 0 Å². The van der Waals surface area contributed by atoms with Gasteiger partial charge in [0.05, 0.1) is 17.0 Å². The van der Waals surface area contributed by atoms with Crippen molar-refractivity contribution in [1.29, 1.82) is 0 Å². The molecular weight excluding hydrogens is 426 g/mol. The largest absolute Gasteiger partial charge is 0.246 e. The molecule has 3 heteroatoms. The second-order valence-electron chi connectivity index (χ2n) is 11.2. The molecule has 178 valence electrons. The standard InChI is InChI=1S/C32H37N3/c1-21(2)35-29-16-12-11-15-27(29)31(33(35)8)28-18-26(32(5,6)7)19-30(23(28)4)34-20-25-14-10-9-13-24(25)17-22(34)3/h9-21H,1-8H3/q+2. The molecule has 0 saturated heterocycles. The Hall–Kier alpha value is -3.46. The van der Waals surface area contributed by atoms with Crippen LogP contribution in [0, 0.1) is 13.8 Å². The third kappa shape index (κ3) is 3.83. The zero-order chi connectivity index (χ0) is 25.1. The van der Waals surface area contributed by atoms with Crippen LogP contribution in [0.3, 0.4) is 0 Å². The van der Waals surface area contributed by atoms with Crippen LogP contribution in [0.1, 0.15) is 57.5 Å². The molecule has 0 fully saturated rings. The van der Waals surface area contributed by atoms with E-state index in [0.717, 1.165) is 0 Å². The molecule has 0 saturated carbocycles. The Kier molecular flexibility index (Phi) is 5.55. The lowest BCUT2D eigenvalue weighted by atomic mass is 9.83. The van der Waals surface area contributed by atoms with E-state index in [-0.39, 0.29) is 5.41 Å². The van der Waals surface area contributed by atoms with Gasteiger partial charge in [-0.15, -0.1) is 4.68 Å². The molecular formula is C32H37N3+2. The topological polar surface area (TPSA) is 12.7 Å². The Morgan fingerprint density at radius 1 is 0.829 bits per heavy atom. The summed E-state index contributed by atoms with van der Waals surface area (Å²) in [5.41, 5.74) is 8.99. The molecule has 3 aromatic carbocycles. The van der Waals surface area contributed by atoms with Crippen LogP contribution in [0.4, 0.5) is 0 Å². The van der Waals surface area contributed by atoms with Crippen molar-refractivity contribution in [2.75, 3.05) is 0 Å². The predicted octanol–water partition coefficient (Wildman–Crippen LogP) is 7.06. The molecule has 0 atom stereocenters. The van der Waals surface area contributed by atoms with Crippen LogP contribution in [0.25, 0.3) is 38.6 Å². The maximum absolute atomic E-state index is 2.42. The first kappa shape index (κ1) is 23.3. The summed E-state index contributed by atoms with van der Waals surface area (Å²) in [6.07, 6.45) is 2.29. The van der Waals surface area contributed by atoms with Crippen molar-refractivity contribution in [3.63, 3.8) is 0 Å². The monoisotopic (exact) mass is 463 g/mol. The maximum Gasteiger partial charge on any atom is 0.246 e. The number of benzene rings is 3. The van der Waals surface area contributed by atoms with Gasteiger partial charge < -0.3 is 0 Å². The first-order valence-electron chi connectivity index (χ1n) is 12.6. The Bertz CT molecular complexity index is 1580. The highest BCUT2D eigenvalue weighted by Gasteiger charge is 2.31. The lowest BCUT2D eigenvalue weighted by molar-refractivity contribution is -0.743. The number of fused-ring (bicyclic) bond motifs is 2. The van der Waals surface area contributed by atoms with Crippen LogP contribution in [0.15, 0.2) is 72.9 Å². The number of aromatic nitrogens is 3. The van der Waals surface area contributed by atoms with Crippen LogP contribution in [0.2, 0.25) is 0 Å². The van der Waals surface area contributed by atoms with E-state index >= 15 is 0 Å². The van der Waals surface area contributed by atoms with Crippen LogP contribution in [-0.2, 0) is 12.5 Å². The lowest BCUT2D eigenvalue weighted by Gasteiger charge is -2.21. The number of rotatable bonds is 3. The average molecular weight is 464 g/mol. The van der Waals surface area contributed by atoms with Gasteiger partial charge >= 0.3 is 0 Å². The van der Waals surface area contributed by atoms with E-state index < -0.39 is 0 Å². The molecule has 0 aliphatic heterocycles. The third-order valence-corrected chi connectivity index (χ3v) is 7.31. The molecule has 3 nitrogen and oxygen atoms in total. The Labute approximate surface area is 209 Å². The van der Waals surface area contributed by atoms with Crippen molar-refractivity contribution in [2.45, 2.75) is 59.9 Å². The molecule has 0 bridgehead atoms. The minimum atomic E-state index is 0.0253. The summed E-state index contributed by atoms with van der Waals surface area (Å²) in [6.45, 7) is 15.9. The van der Waals surface area contributed by atoms with Gasteiger partial charge in [-0.05, 0) is 61.4 Å². The van der Waals surface area contributed by atoms with Crippen molar-refractivity contribution in [1.82, 2.24) is 4.68 Å². The van der Waals surface area contributed by atoms with Crippen molar-refractivity contribution in [3.8, 4) is 16.9 Å². The molecule has 2 heterocycles. The molecule has 2 aromatic heterocycles. The summed E-state index contributed by atoms with van der Waals surface area (Å²) < 4.78 is 7.13. The first-order valence-corrected chi connectivity index (χ1v) is 12.6. The van der Waals surface area contributed by atoms with Gasteiger partial charge in [-0.3, -0.25) is 0 Å². The Morgan fingerprint density at radius 3 is 2.17 bits per heavy atom. The van der Waals surface area contributed by atoms with Crippen LogP contribution in [-0.4, -0.2) is 4.68 Å². The minimum Gasteiger partial charge on any atom is -0.164 e. The van der Waals surface area contributed by atoms with Gasteiger partial charge in [0.15, 0.2) is 18.9 Å². The number of para-hydroxylation sites is 1. The van der Waals surface area contributed by atoms with E-state index in [1.165, 1.54) is 55.4 Å². The molecule has 0 unspecified atom stereocenters. The Balaban J connectivity index is 1.88. The van der Waals surface area contributed by atoms with Gasteiger partial charge in [-0.1, -0.05) is 51.1 Å². The zero-order valence-corrected chi connectivity index (χ0v) is 22.3. The number of aryl methyl sites for hydroxylation is 1. The molecule has 0 N–H and O–H groups in total. The fourth-order valence-electron chi connectivity index (χ4n) is 5.44. The van der Waals surface area contributed by atoms with Crippen molar-refractivity contribution < 1.29 is 9.25 Å². The molecule has 0 aliphatic rings. The summed E-state index contributed by atoms with van der Waals surface area (Å²) in [5, 5.41) is 3.82. The van der Waals surface area contributed by atoms with E-state index in [1.807, 2.05) is 0 Å². The molecule has 0 radical (unpaired) electrons. The highest BCUT2D eigenvalue weighted by atomic mass is 15.4. The SMILES string of the molecule is Cc1c(-c2c3ccccc3n(C(C)C)[n+]2C)cc(C(C)(C)C)cc1-[n+]1cc2ccccc2cc1C. The fourth-order valence-corrected chi connectivity index (χ4v) is 5.44. The highest BCUT2D eigenvalue weighted by Crippen LogP contribution is 2.36. The van der Waals surface area contributed by atoms with Gasteiger partial charge in [-0.25, -0.2) is 0 Å². The molecule has 5 aromatic rings. The van der Waals surface area contributed by atoms with Gasteiger partial charge in [0.1, 0.15) is 5.52 Å². The minimum absolute atomic E-state index is 0.0253. The number of pyridine rings is 1. The van der Waals surface area contributed by atoms with Gasteiger partial charge in [0, 0.05) is 30.0 Å². The van der Waals surface area contributed by atoms with E-state index in [9.17, 15) is 0 Å². The summed E-state index contributed by atoms with van der Waals surface area (Å²) >= 11 is 0. The highest BCUT2D eigenvalue weighted by molar-refractivity contribution is 5.93. The molecule has 0 spiro atoms. The van der Waals surface area contributed by atoms with Crippen molar-refractivity contribution >= 4 is 21.7 Å². The van der Waals surface area contributed by atoms with E-state index in [0.29, 0.717) is 6.04 Å². The van der Waals surface area contributed by atoms with Gasteiger partial charge in [-0.2, -0.15) is 9.25 Å². The van der Waals surface area contributed by atoms with Crippen LogP contribution >= 0.6 is 0 Å². The third-order valence-electron chi connectivity index (χ3n) is 7.31. The maximum atomic E-state index is 2.42. The predicted molar refractivity (Wildman–Crippen MR) is 146 cm³/mol. The smallest absolute Gasteiger partial charge is 0.164 e. The first-order chi connectivity index (χ1) is 16.6. The summed E-state index contributed by atoms with van der Waals surface area (Å²) in [4.78, 5) is 0. The summed E-state index contributed by atoms with van der Waals surface area (Å²) in [6, 6.07) is 24.9. The normalized spacial score (nSPS) is 12.3. The second kappa shape index (κ2) is 8.34. The van der Waals surface area contributed by atoms with E-state index in [2.05, 4.69) is 142 Å². The zero-order valence-electron chi connectivity index (χ0n) is 22.3. The lowest BCUT2D eigenvalue weighted by Crippen LogP contribution is -2.42. The van der Waals surface area contributed by atoms with Crippen LogP contribution in [0.5, 0.6) is 0 Å². The summed E-state index contributed by atoms with van der Waals surface area (Å²) in [5.74, 6) is 0. The van der Waals surface area contributed by atoms with Crippen LogP contribution < -0.4 is 9.25 Å².